The third kappa shape index (κ3) is 3.50. The lowest BCUT2D eigenvalue weighted by molar-refractivity contribution is 0.0495. The molecule has 2 N–H and O–H groups in total. The van der Waals surface area contributed by atoms with Crippen LogP contribution in [0.1, 0.15) is 31.7 Å². The molecular formula is C22H24Cl2N6O2. The number of fused-ring (bicyclic) bond motifs is 1. The maximum Gasteiger partial charge on any atom is 0.227 e. The number of anilines is 3. The zero-order valence-electron chi connectivity index (χ0n) is 17.5. The van der Waals surface area contributed by atoms with Crippen molar-refractivity contribution in [3.8, 4) is 0 Å². The van der Waals surface area contributed by atoms with E-state index in [1.54, 1.807) is 12.4 Å². The number of rotatable bonds is 4. The van der Waals surface area contributed by atoms with E-state index in [0.717, 1.165) is 55.4 Å². The lowest BCUT2D eigenvalue weighted by atomic mass is 9.76. The maximum absolute atomic E-state index is 10.4. The number of hydrogen-bond donors (Lipinski definition) is 2. The smallest absolute Gasteiger partial charge is 0.227 e. The molecule has 4 heterocycles. The number of ether oxygens (including phenoxy) is 1. The third-order valence-corrected chi connectivity index (χ3v) is 7.67. The Morgan fingerprint density at radius 1 is 1.16 bits per heavy atom. The van der Waals surface area contributed by atoms with Crippen LogP contribution in [0.15, 0.2) is 24.5 Å². The van der Waals surface area contributed by atoms with Gasteiger partial charge >= 0.3 is 0 Å². The SMILES string of the molecule is O[C@H]1COCC12CCN(c1cc3nc(Nc4cnn(C5CC5)c4Cl)ncc3cc1Cl)CC2. The average Bonchev–Trinajstić information content (AvgIpc) is 3.49. The molecular weight excluding hydrogens is 451 g/mol. The number of aliphatic hydroxyl groups is 1. The van der Waals surface area contributed by atoms with Gasteiger partial charge in [0.25, 0.3) is 0 Å². The van der Waals surface area contributed by atoms with Crippen LogP contribution in [0.4, 0.5) is 17.3 Å². The fraction of sp³-hybridized carbons (Fsp3) is 0.500. The lowest BCUT2D eigenvalue weighted by Crippen LogP contribution is -2.46. The number of piperidine rings is 1. The first-order valence-electron chi connectivity index (χ1n) is 11.0. The molecule has 168 valence electrons. The van der Waals surface area contributed by atoms with Gasteiger partial charge in [0.05, 0.1) is 53.5 Å². The van der Waals surface area contributed by atoms with Crippen LogP contribution in [0.5, 0.6) is 0 Å². The van der Waals surface area contributed by atoms with E-state index in [4.69, 9.17) is 32.9 Å². The van der Waals surface area contributed by atoms with Gasteiger partial charge in [-0.15, -0.1) is 0 Å². The van der Waals surface area contributed by atoms with Crippen LogP contribution < -0.4 is 10.2 Å². The van der Waals surface area contributed by atoms with Crippen molar-refractivity contribution >= 4 is 51.4 Å². The Morgan fingerprint density at radius 3 is 2.69 bits per heavy atom. The third-order valence-electron chi connectivity index (χ3n) is 6.99. The van der Waals surface area contributed by atoms with Crippen molar-refractivity contribution in [1.29, 1.82) is 0 Å². The fourth-order valence-corrected chi connectivity index (χ4v) is 5.35. The molecule has 1 atom stereocenters. The number of aromatic nitrogens is 4. The van der Waals surface area contributed by atoms with E-state index in [1.165, 1.54) is 0 Å². The number of nitrogens with zero attached hydrogens (tertiary/aromatic N) is 5. The molecule has 10 heteroatoms. The van der Waals surface area contributed by atoms with Crippen molar-refractivity contribution in [3.05, 3.63) is 34.7 Å². The Labute approximate surface area is 195 Å². The predicted octanol–water partition coefficient (Wildman–Crippen LogP) is 4.19. The molecule has 2 aliphatic heterocycles. The van der Waals surface area contributed by atoms with E-state index >= 15 is 0 Å². The lowest BCUT2D eigenvalue weighted by Gasteiger charge is -2.41. The van der Waals surface area contributed by atoms with Gasteiger partial charge in [-0.2, -0.15) is 5.10 Å². The molecule has 0 unspecified atom stereocenters. The summed E-state index contributed by atoms with van der Waals surface area (Å²) >= 11 is 13.1. The number of aliphatic hydroxyl groups excluding tert-OH is 1. The Kier molecular flexibility index (Phi) is 4.94. The number of hydrogen-bond acceptors (Lipinski definition) is 7. The number of benzene rings is 1. The maximum atomic E-state index is 10.4. The van der Waals surface area contributed by atoms with Crippen molar-refractivity contribution in [2.24, 2.45) is 5.41 Å². The monoisotopic (exact) mass is 474 g/mol. The van der Waals surface area contributed by atoms with Gasteiger partial charge in [-0.1, -0.05) is 23.2 Å². The minimum atomic E-state index is -0.380. The van der Waals surface area contributed by atoms with Crippen LogP contribution >= 0.6 is 23.2 Å². The van der Waals surface area contributed by atoms with Crippen molar-refractivity contribution < 1.29 is 9.84 Å². The first-order valence-corrected chi connectivity index (χ1v) is 11.8. The summed E-state index contributed by atoms with van der Waals surface area (Å²) in [5, 5.41) is 20.0. The second-order valence-electron chi connectivity index (χ2n) is 9.09. The van der Waals surface area contributed by atoms with Gasteiger partial charge in [0.2, 0.25) is 5.95 Å². The molecule has 3 aliphatic rings. The Bertz CT molecular complexity index is 1170. The van der Waals surface area contributed by atoms with Crippen molar-refractivity contribution in [3.63, 3.8) is 0 Å². The fourth-order valence-electron chi connectivity index (χ4n) is 4.79. The summed E-state index contributed by atoms with van der Waals surface area (Å²) in [5.41, 5.74) is 2.33. The van der Waals surface area contributed by atoms with E-state index in [1.807, 2.05) is 16.8 Å². The summed E-state index contributed by atoms with van der Waals surface area (Å²) in [6, 6.07) is 4.33. The largest absolute Gasteiger partial charge is 0.390 e. The topological polar surface area (TPSA) is 88.3 Å². The second-order valence-corrected chi connectivity index (χ2v) is 9.85. The molecule has 8 nitrogen and oxygen atoms in total. The standard InChI is InChI=1S/C22H24Cl2N6O2/c23-15-7-13-9-25-21(28-17-10-26-30(20(17)24)14-1-2-14)27-16(13)8-18(15)29-5-3-22(4-6-29)12-32-11-19(22)31/h7-10,14,19,31H,1-6,11-12H2,(H,25,27,28)/t19-/m0/s1. The van der Waals surface area contributed by atoms with Gasteiger partial charge < -0.3 is 20.1 Å². The molecule has 1 aliphatic carbocycles. The Balaban J connectivity index is 1.25. The van der Waals surface area contributed by atoms with Crippen LogP contribution in [-0.4, -0.2) is 57.3 Å². The quantitative estimate of drug-likeness (QED) is 0.585. The van der Waals surface area contributed by atoms with E-state index in [0.29, 0.717) is 41.1 Å². The number of nitrogens with one attached hydrogen (secondary N) is 1. The van der Waals surface area contributed by atoms with Crippen molar-refractivity contribution in [1.82, 2.24) is 19.7 Å². The molecule has 1 spiro atoms. The zero-order valence-corrected chi connectivity index (χ0v) is 19.0. The van der Waals surface area contributed by atoms with Gasteiger partial charge in [0, 0.05) is 30.1 Å². The minimum absolute atomic E-state index is 0.122. The molecule has 3 fully saturated rings. The first-order chi connectivity index (χ1) is 15.5. The number of halogens is 2. The summed E-state index contributed by atoms with van der Waals surface area (Å²) < 4.78 is 7.37. The molecule has 6 rings (SSSR count). The molecule has 1 aromatic carbocycles. The van der Waals surface area contributed by atoms with Crippen LogP contribution in [0.3, 0.4) is 0 Å². The zero-order chi connectivity index (χ0) is 21.9. The Morgan fingerprint density at radius 2 is 1.97 bits per heavy atom. The van der Waals surface area contributed by atoms with Crippen LogP contribution in [-0.2, 0) is 4.74 Å². The minimum Gasteiger partial charge on any atom is -0.390 e. The Hall–Kier alpha value is -2.13. The molecule has 2 aromatic heterocycles. The summed E-state index contributed by atoms with van der Waals surface area (Å²) in [6.07, 6.45) is 7.07. The van der Waals surface area contributed by atoms with E-state index in [9.17, 15) is 5.11 Å². The molecule has 3 aromatic rings. The van der Waals surface area contributed by atoms with Crippen molar-refractivity contribution in [2.75, 3.05) is 36.5 Å². The van der Waals surface area contributed by atoms with Gasteiger partial charge in [-0.3, -0.25) is 0 Å². The highest BCUT2D eigenvalue weighted by Crippen LogP contribution is 2.42. The first kappa shape index (κ1) is 20.5. The molecule has 1 saturated carbocycles. The van der Waals surface area contributed by atoms with Crippen molar-refractivity contribution in [2.45, 2.75) is 37.8 Å². The highest BCUT2D eigenvalue weighted by Gasteiger charge is 2.45. The molecule has 2 saturated heterocycles. The molecule has 0 radical (unpaired) electrons. The molecule has 0 bridgehead atoms. The molecule has 32 heavy (non-hydrogen) atoms. The van der Waals surface area contributed by atoms with Gasteiger partial charge in [-0.05, 0) is 37.8 Å². The highest BCUT2D eigenvalue weighted by molar-refractivity contribution is 6.34. The average molecular weight is 475 g/mol. The second kappa shape index (κ2) is 7.73. The van der Waals surface area contributed by atoms with E-state index < -0.39 is 0 Å². The van der Waals surface area contributed by atoms with E-state index in [-0.39, 0.29) is 11.5 Å². The summed E-state index contributed by atoms with van der Waals surface area (Å²) in [7, 11) is 0. The van der Waals surface area contributed by atoms with Crippen LogP contribution in [0.2, 0.25) is 10.2 Å². The highest BCUT2D eigenvalue weighted by atomic mass is 35.5. The summed E-state index contributed by atoms with van der Waals surface area (Å²) in [5.74, 6) is 0.465. The predicted molar refractivity (Wildman–Crippen MR) is 124 cm³/mol. The normalized spacial score (nSPS) is 22.7. The molecule has 0 amide bonds. The van der Waals surface area contributed by atoms with Gasteiger partial charge in [0.15, 0.2) is 5.15 Å². The van der Waals surface area contributed by atoms with E-state index in [2.05, 4.69) is 20.3 Å². The van der Waals surface area contributed by atoms with Gasteiger partial charge in [-0.25, -0.2) is 14.6 Å². The van der Waals surface area contributed by atoms with Gasteiger partial charge in [0.1, 0.15) is 0 Å². The summed E-state index contributed by atoms with van der Waals surface area (Å²) in [4.78, 5) is 11.4. The van der Waals surface area contributed by atoms with Crippen LogP contribution in [0.25, 0.3) is 10.9 Å². The van der Waals surface area contributed by atoms with Crippen LogP contribution in [0, 0.1) is 5.41 Å². The summed E-state index contributed by atoms with van der Waals surface area (Å²) in [6.45, 7) is 2.71.